The summed E-state index contributed by atoms with van der Waals surface area (Å²) in [6.45, 7) is -2.98. The first-order chi connectivity index (χ1) is 11.8. The van der Waals surface area contributed by atoms with E-state index in [2.05, 4.69) is 10.1 Å². The molecule has 2 aromatic carbocycles. The van der Waals surface area contributed by atoms with Gasteiger partial charge >= 0.3 is 6.61 Å². The highest BCUT2D eigenvalue weighted by Gasteiger charge is 2.21. The summed E-state index contributed by atoms with van der Waals surface area (Å²) in [5.41, 5.74) is 4.54. The second kappa shape index (κ2) is 7.51. The molecule has 1 amide bonds. The van der Waals surface area contributed by atoms with Crippen molar-refractivity contribution in [1.29, 1.82) is 0 Å². The predicted octanol–water partition coefficient (Wildman–Crippen LogP) is 2.85. The number of nitrogens with zero attached hydrogens (tertiary/aromatic N) is 1. The number of nitrogens with one attached hydrogen (secondary N) is 1. The zero-order valence-corrected chi connectivity index (χ0v) is 12.5. The van der Waals surface area contributed by atoms with Crippen LogP contribution in [0.25, 0.3) is 0 Å². The fraction of sp³-hybridized carbons (Fsp3) is 0.133. The minimum atomic E-state index is -2.95. The van der Waals surface area contributed by atoms with Crippen molar-refractivity contribution in [2.45, 2.75) is 13.2 Å². The van der Waals surface area contributed by atoms with Gasteiger partial charge in [-0.25, -0.2) is 4.39 Å². The lowest BCUT2D eigenvalue weighted by atomic mass is 10.1. The van der Waals surface area contributed by atoms with Crippen LogP contribution in [0.1, 0.15) is 15.9 Å². The summed E-state index contributed by atoms with van der Waals surface area (Å²) >= 11 is 0. The molecule has 7 nitrogen and oxygen atoms in total. The van der Waals surface area contributed by atoms with Crippen molar-refractivity contribution in [3.05, 3.63) is 63.5 Å². The number of carbonyl (C=O) groups is 1. The van der Waals surface area contributed by atoms with E-state index in [1.165, 1.54) is 24.3 Å². The lowest BCUT2D eigenvalue weighted by Gasteiger charge is -2.09. The number of nitro groups is 1. The molecule has 0 bridgehead atoms. The number of amides is 1. The summed E-state index contributed by atoms with van der Waals surface area (Å²) in [6.07, 6.45) is 0. The van der Waals surface area contributed by atoms with Crippen LogP contribution in [0.5, 0.6) is 5.75 Å². The highest BCUT2D eigenvalue weighted by Crippen LogP contribution is 2.26. The average Bonchev–Trinajstić information content (AvgIpc) is 2.55. The molecule has 0 saturated heterocycles. The van der Waals surface area contributed by atoms with Crippen LogP contribution < -0.4 is 15.8 Å². The molecule has 10 heteroatoms. The molecule has 25 heavy (non-hydrogen) atoms. The molecule has 0 atom stereocenters. The second-order valence-electron chi connectivity index (χ2n) is 4.85. The van der Waals surface area contributed by atoms with Crippen molar-refractivity contribution in [2.75, 3.05) is 5.73 Å². The smallest absolute Gasteiger partial charge is 0.387 e. The van der Waals surface area contributed by atoms with Gasteiger partial charge in [0.25, 0.3) is 11.6 Å². The largest absolute Gasteiger partial charge is 0.435 e. The van der Waals surface area contributed by atoms with Gasteiger partial charge in [0, 0.05) is 6.54 Å². The van der Waals surface area contributed by atoms with Gasteiger partial charge in [-0.3, -0.25) is 14.9 Å². The average molecular weight is 355 g/mol. The van der Waals surface area contributed by atoms with Crippen molar-refractivity contribution in [3.63, 3.8) is 0 Å². The molecular formula is C15H12F3N3O4. The number of alkyl halides is 2. The summed E-state index contributed by atoms with van der Waals surface area (Å²) in [7, 11) is 0. The summed E-state index contributed by atoms with van der Waals surface area (Å²) < 4.78 is 41.7. The molecule has 0 saturated carbocycles. The first-order valence-corrected chi connectivity index (χ1v) is 6.83. The number of nitrogen functional groups attached to an aromatic ring is 1. The van der Waals surface area contributed by atoms with Crippen LogP contribution in [-0.4, -0.2) is 17.4 Å². The summed E-state index contributed by atoms with van der Waals surface area (Å²) in [6, 6.07) is 6.86. The van der Waals surface area contributed by atoms with E-state index >= 15 is 0 Å². The molecule has 0 fully saturated rings. The Morgan fingerprint density at radius 3 is 2.48 bits per heavy atom. The lowest BCUT2D eigenvalue weighted by Crippen LogP contribution is -2.24. The van der Waals surface area contributed by atoms with Crippen molar-refractivity contribution in [2.24, 2.45) is 0 Å². The number of rotatable bonds is 6. The lowest BCUT2D eigenvalue weighted by molar-refractivity contribution is -0.384. The molecule has 3 N–H and O–H groups in total. The SMILES string of the molecule is Nc1c(C(=O)NCc2ccc(OC(F)F)cc2)cc(F)cc1[N+](=O)[O-]. The maximum absolute atomic E-state index is 13.4. The molecule has 2 rings (SSSR count). The zero-order chi connectivity index (χ0) is 18.6. The van der Waals surface area contributed by atoms with Gasteiger partial charge in [-0.05, 0) is 23.8 Å². The molecule has 0 unspecified atom stereocenters. The Balaban J connectivity index is 2.09. The number of halogens is 3. The molecule has 0 aliphatic heterocycles. The van der Waals surface area contributed by atoms with Crippen molar-refractivity contribution < 1.29 is 27.6 Å². The van der Waals surface area contributed by atoms with Crippen molar-refractivity contribution in [3.8, 4) is 5.75 Å². The number of ether oxygens (including phenoxy) is 1. The minimum absolute atomic E-state index is 0.0302. The van der Waals surface area contributed by atoms with E-state index in [1.807, 2.05) is 0 Å². The Labute approximate surface area is 139 Å². The molecule has 0 aliphatic rings. The van der Waals surface area contributed by atoms with E-state index in [0.29, 0.717) is 11.6 Å². The maximum Gasteiger partial charge on any atom is 0.387 e. The fourth-order valence-corrected chi connectivity index (χ4v) is 2.01. The highest BCUT2D eigenvalue weighted by atomic mass is 19.3. The third-order valence-corrected chi connectivity index (χ3v) is 3.17. The number of benzene rings is 2. The minimum Gasteiger partial charge on any atom is -0.435 e. The molecule has 0 aliphatic carbocycles. The van der Waals surface area contributed by atoms with Crippen LogP contribution in [0.4, 0.5) is 24.5 Å². The molecule has 132 valence electrons. The van der Waals surface area contributed by atoms with E-state index in [0.717, 1.165) is 6.07 Å². The van der Waals surface area contributed by atoms with Gasteiger partial charge in [-0.2, -0.15) is 8.78 Å². The Morgan fingerprint density at radius 2 is 1.92 bits per heavy atom. The van der Waals surface area contributed by atoms with E-state index in [1.54, 1.807) is 0 Å². The number of nitrogens with two attached hydrogens (primary N) is 1. The monoisotopic (exact) mass is 355 g/mol. The number of nitro benzene ring substituents is 1. The molecule has 0 spiro atoms. The van der Waals surface area contributed by atoms with Crippen molar-refractivity contribution in [1.82, 2.24) is 5.32 Å². The van der Waals surface area contributed by atoms with Gasteiger partial charge in [0.1, 0.15) is 17.3 Å². The van der Waals surface area contributed by atoms with Gasteiger partial charge in [0.2, 0.25) is 0 Å². The number of carbonyl (C=O) groups excluding carboxylic acids is 1. The van der Waals surface area contributed by atoms with Crippen LogP contribution in [0.15, 0.2) is 36.4 Å². The van der Waals surface area contributed by atoms with E-state index in [-0.39, 0.29) is 17.9 Å². The Bertz CT molecular complexity index is 797. The van der Waals surface area contributed by atoms with Gasteiger partial charge in [-0.15, -0.1) is 0 Å². The van der Waals surface area contributed by atoms with Crippen LogP contribution in [0.3, 0.4) is 0 Å². The second-order valence-corrected chi connectivity index (χ2v) is 4.85. The number of hydrogen-bond donors (Lipinski definition) is 2. The van der Waals surface area contributed by atoms with Gasteiger partial charge in [0.15, 0.2) is 0 Å². The first-order valence-electron chi connectivity index (χ1n) is 6.83. The quantitative estimate of drug-likeness (QED) is 0.471. The van der Waals surface area contributed by atoms with Crippen LogP contribution in [-0.2, 0) is 6.54 Å². The predicted molar refractivity (Wildman–Crippen MR) is 81.7 cm³/mol. The van der Waals surface area contributed by atoms with E-state index in [4.69, 9.17) is 5.73 Å². The standard InChI is InChI=1S/C15H12F3N3O4/c16-9-5-11(13(19)12(6-9)21(23)24)14(22)20-7-8-1-3-10(4-2-8)25-15(17)18/h1-6,15H,7,19H2,(H,20,22). The summed E-state index contributed by atoms with van der Waals surface area (Å²) in [4.78, 5) is 22.0. The molecule has 0 radical (unpaired) electrons. The summed E-state index contributed by atoms with van der Waals surface area (Å²) in [5, 5.41) is 13.2. The maximum atomic E-state index is 13.4. The Morgan fingerprint density at radius 1 is 1.28 bits per heavy atom. The third kappa shape index (κ3) is 4.59. The van der Waals surface area contributed by atoms with Crippen molar-refractivity contribution >= 4 is 17.3 Å². The summed E-state index contributed by atoms with van der Waals surface area (Å²) in [5.74, 6) is -1.83. The highest BCUT2D eigenvalue weighted by molar-refractivity contribution is 6.01. The van der Waals surface area contributed by atoms with Crippen LogP contribution in [0, 0.1) is 15.9 Å². The molecule has 0 heterocycles. The fourth-order valence-electron chi connectivity index (χ4n) is 2.01. The van der Waals surface area contributed by atoms with E-state index < -0.39 is 34.6 Å². The topological polar surface area (TPSA) is 107 Å². The molecule has 0 aromatic heterocycles. The Hall–Kier alpha value is -3.30. The van der Waals surface area contributed by atoms with Crippen LogP contribution in [0.2, 0.25) is 0 Å². The number of hydrogen-bond acceptors (Lipinski definition) is 5. The van der Waals surface area contributed by atoms with Crippen LogP contribution >= 0.6 is 0 Å². The van der Waals surface area contributed by atoms with Gasteiger partial charge in [0.05, 0.1) is 16.6 Å². The van der Waals surface area contributed by atoms with E-state index in [9.17, 15) is 28.1 Å². The zero-order valence-electron chi connectivity index (χ0n) is 12.5. The first kappa shape index (κ1) is 18.0. The van der Waals surface area contributed by atoms with Gasteiger partial charge in [-0.1, -0.05) is 12.1 Å². The third-order valence-electron chi connectivity index (χ3n) is 3.17. The Kier molecular flexibility index (Phi) is 5.42. The number of anilines is 1. The molecular weight excluding hydrogens is 343 g/mol. The molecule has 2 aromatic rings. The van der Waals surface area contributed by atoms with Gasteiger partial charge < -0.3 is 15.8 Å². The normalized spacial score (nSPS) is 10.6.